The third kappa shape index (κ3) is 2.24. The predicted octanol–water partition coefficient (Wildman–Crippen LogP) is 2.72. The van der Waals surface area contributed by atoms with Crippen LogP contribution in [0.1, 0.15) is 31.4 Å². The van der Waals surface area contributed by atoms with Crippen LogP contribution in [0, 0.1) is 5.92 Å². The largest absolute Gasteiger partial charge is 0.317 e. The molecule has 0 saturated heterocycles. The van der Waals surface area contributed by atoms with Gasteiger partial charge in [-0.3, -0.25) is 4.40 Å². The molecule has 17 heavy (non-hydrogen) atoms. The molecular formula is C13H19N3S. The van der Waals surface area contributed by atoms with Crippen LogP contribution in [0.5, 0.6) is 0 Å². The normalized spacial score (nSPS) is 25.5. The maximum Gasteiger partial charge on any atom is 0.193 e. The van der Waals surface area contributed by atoms with E-state index in [4.69, 9.17) is 0 Å². The number of hydrogen-bond donors (Lipinski definition) is 1. The molecule has 3 nitrogen and oxygen atoms in total. The Balaban J connectivity index is 1.74. The van der Waals surface area contributed by atoms with Crippen molar-refractivity contribution < 1.29 is 0 Å². The molecule has 2 aromatic heterocycles. The highest BCUT2D eigenvalue weighted by Crippen LogP contribution is 2.27. The van der Waals surface area contributed by atoms with Gasteiger partial charge in [0, 0.05) is 23.8 Å². The van der Waals surface area contributed by atoms with Crippen molar-refractivity contribution in [2.75, 3.05) is 7.05 Å². The average Bonchev–Trinajstić information content (AvgIpc) is 2.90. The molecule has 4 heteroatoms. The molecular weight excluding hydrogens is 230 g/mol. The van der Waals surface area contributed by atoms with Crippen molar-refractivity contribution in [2.24, 2.45) is 5.92 Å². The molecule has 1 N–H and O–H groups in total. The topological polar surface area (TPSA) is 29.3 Å². The molecule has 0 aromatic carbocycles. The standard InChI is InChI=1S/C13H19N3S/c1-14-12-5-3-2-4-10(12)8-11-9-16-6-7-17-13(16)15-11/h6-7,9-10,12,14H,2-5,8H2,1H3. The second-order valence-corrected chi connectivity index (χ2v) is 5.84. The molecule has 1 aliphatic carbocycles. The van der Waals surface area contributed by atoms with Gasteiger partial charge < -0.3 is 5.32 Å². The van der Waals surface area contributed by atoms with Crippen molar-refractivity contribution in [3.63, 3.8) is 0 Å². The number of rotatable bonds is 3. The van der Waals surface area contributed by atoms with Gasteiger partial charge in [0.05, 0.1) is 5.69 Å². The van der Waals surface area contributed by atoms with Crippen molar-refractivity contribution in [2.45, 2.75) is 38.1 Å². The zero-order chi connectivity index (χ0) is 11.7. The van der Waals surface area contributed by atoms with Crippen LogP contribution in [-0.2, 0) is 6.42 Å². The summed E-state index contributed by atoms with van der Waals surface area (Å²) in [5.74, 6) is 0.762. The predicted molar refractivity (Wildman–Crippen MR) is 71.6 cm³/mol. The molecule has 3 rings (SSSR count). The van der Waals surface area contributed by atoms with Crippen LogP contribution < -0.4 is 5.32 Å². The highest BCUT2D eigenvalue weighted by atomic mass is 32.1. The lowest BCUT2D eigenvalue weighted by Crippen LogP contribution is -2.37. The molecule has 1 fully saturated rings. The van der Waals surface area contributed by atoms with E-state index in [1.807, 2.05) is 0 Å². The first-order valence-electron chi connectivity index (χ1n) is 6.45. The average molecular weight is 249 g/mol. The lowest BCUT2D eigenvalue weighted by Gasteiger charge is -2.30. The minimum absolute atomic E-state index is 0.684. The number of nitrogens with one attached hydrogen (secondary N) is 1. The molecule has 0 radical (unpaired) electrons. The van der Waals surface area contributed by atoms with Crippen molar-refractivity contribution in [1.29, 1.82) is 0 Å². The van der Waals surface area contributed by atoms with E-state index >= 15 is 0 Å². The van der Waals surface area contributed by atoms with Crippen LogP contribution >= 0.6 is 11.3 Å². The molecule has 0 spiro atoms. The van der Waals surface area contributed by atoms with Crippen molar-refractivity contribution in [1.82, 2.24) is 14.7 Å². The molecule has 1 aliphatic rings. The lowest BCUT2D eigenvalue weighted by molar-refractivity contribution is 0.271. The first-order chi connectivity index (χ1) is 8.36. The Hall–Kier alpha value is -0.870. The fraction of sp³-hybridized carbons (Fsp3) is 0.615. The van der Waals surface area contributed by atoms with E-state index in [1.165, 1.54) is 31.4 Å². The van der Waals surface area contributed by atoms with Gasteiger partial charge in [0.2, 0.25) is 0 Å². The molecule has 1 saturated carbocycles. The maximum absolute atomic E-state index is 4.69. The zero-order valence-electron chi connectivity index (χ0n) is 10.2. The van der Waals surface area contributed by atoms with Gasteiger partial charge in [0.15, 0.2) is 4.96 Å². The van der Waals surface area contributed by atoms with Crippen molar-refractivity contribution >= 4 is 16.3 Å². The number of thiazole rings is 1. The van der Waals surface area contributed by atoms with E-state index in [0.29, 0.717) is 6.04 Å². The molecule has 0 amide bonds. The number of nitrogens with zero attached hydrogens (tertiary/aromatic N) is 2. The Morgan fingerprint density at radius 3 is 3.18 bits per heavy atom. The SMILES string of the molecule is CNC1CCCCC1Cc1cn2ccsc2n1. The molecule has 2 unspecified atom stereocenters. The maximum atomic E-state index is 4.69. The number of hydrogen-bond acceptors (Lipinski definition) is 3. The zero-order valence-corrected chi connectivity index (χ0v) is 11.0. The van der Waals surface area contributed by atoms with Crippen molar-refractivity contribution in [3.05, 3.63) is 23.5 Å². The van der Waals surface area contributed by atoms with Crippen LogP contribution in [-0.4, -0.2) is 22.5 Å². The smallest absolute Gasteiger partial charge is 0.193 e. The van der Waals surface area contributed by atoms with Gasteiger partial charge in [-0.1, -0.05) is 12.8 Å². The summed E-state index contributed by atoms with van der Waals surface area (Å²) in [6.45, 7) is 0. The van der Waals surface area contributed by atoms with E-state index in [0.717, 1.165) is 17.3 Å². The minimum Gasteiger partial charge on any atom is -0.317 e. The first-order valence-corrected chi connectivity index (χ1v) is 7.33. The third-order valence-corrected chi connectivity index (χ3v) is 4.67. The summed E-state index contributed by atoms with van der Waals surface area (Å²) in [4.78, 5) is 5.81. The second-order valence-electron chi connectivity index (χ2n) is 4.97. The molecule has 2 aromatic rings. The van der Waals surface area contributed by atoms with Crippen LogP contribution in [0.2, 0.25) is 0 Å². The Morgan fingerprint density at radius 2 is 2.35 bits per heavy atom. The van der Waals surface area contributed by atoms with Gasteiger partial charge >= 0.3 is 0 Å². The van der Waals surface area contributed by atoms with Gasteiger partial charge in [-0.15, -0.1) is 11.3 Å². The van der Waals surface area contributed by atoms with Crippen LogP contribution in [0.15, 0.2) is 17.8 Å². The van der Waals surface area contributed by atoms with Gasteiger partial charge in [0.25, 0.3) is 0 Å². The monoisotopic (exact) mass is 249 g/mol. The summed E-state index contributed by atoms with van der Waals surface area (Å²) in [6, 6.07) is 0.684. The van der Waals surface area contributed by atoms with Crippen LogP contribution in [0.4, 0.5) is 0 Å². The molecule has 2 heterocycles. The quantitative estimate of drug-likeness (QED) is 0.906. The number of fused-ring (bicyclic) bond motifs is 1. The molecule has 92 valence electrons. The van der Waals surface area contributed by atoms with E-state index < -0.39 is 0 Å². The van der Waals surface area contributed by atoms with Crippen LogP contribution in [0.3, 0.4) is 0 Å². The second kappa shape index (κ2) is 4.78. The lowest BCUT2D eigenvalue weighted by atomic mass is 9.82. The summed E-state index contributed by atoms with van der Waals surface area (Å²) >= 11 is 1.71. The van der Waals surface area contributed by atoms with Gasteiger partial charge in [-0.05, 0) is 32.2 Å². The Kier molecular flexibility index (Phi) is 3.16. The Bertz CT molecular complexity index is 459. The highest BCUT2D eigenvalue weighted by Gasteiger charge is 2.24. The molecule has 0 bridgehead atoms. The van der Waals surface area contributed by atoms with E-state index in [1.54, 1.807) is 11.3 Å². The summed E-state index contributed by atoms with van der Waals surface area (Å²) in [6.07, 6.45) is 10.8. The Labute approximate surface area is 106 Å². The molecule has 2 atom stereocenters. The highest BCUT2D eigenvalue weighted by molar-refractivity contribution is 7.15. The summed E-state index contributed by atoms with van der Waals surface area (Å²) in [5, 5.41) is 5.56. The minimum atomic E-state index is 0.684. The fourth-order valence-electron chi connectivity index (χ4n) is 2.98. The van der Waals surface area contributed by atoms with Gasteiger partial charge in [-0.25, -0.2) is 4.98 Å². The summed E-state index contributed by atoms with van der Waals surface area (Å²) < 4.78 is 2.14. The van der Waals surface area contributed by atoms with Gasteiger partial charge in [0.1, 0.15) is 0 Å². The number of aromatic nitrogens is 2. The fourth-order valence-corrected chi connectivity index (χ4v) is 3.69. The van der Waals surface area contributed by atoms with E-state index in [2.05, 4.69) is 39.5 Å². The molecule has 0 aliphatic heterocycles. The van der Waals surface area contributed by atoms with Crippen molar-refractivity contribution in [3.8, 4) is 0 Å². The number of imidazole rings is 1. The Morgan fingerprint density at radius 1 is 1.47 bits per heavy atom. The van der Waals surface area contributed by atoms with Gasteiger partial charge in [-0.2, -0.15) is 0 Å². The summed E-state index contributed by atoms with van der Waals surface area (Å²) in [5.41, 5.74) is 1.25. The van der Waals surface area contributed by atoms with Crippen LogP contribution in [0.25, 0.3) is 4.96 Å². The first kappa shape index (κ1) is 11.2. The van der Waals surface area contributed by atoms with E-state index in [-0.39, 0.29) is 0 Å². The third-order valence-electron chi connectivity index (χ3n) is 3.89. The summed E-state index contributed by atoms with van der Waals surface area (Å²) in [7, 11) is 2.09. The van der Waals surface area contributed by atoms with E-state index in [9.17, 15) is 0 Å².